The van der Waals surface area contributed by atoms with Crippen LogP contribution in [0.4, 0.5) is 0 Å². The standard InChI is InChI=1S/C15H12Br2O4/c1-8-3-4-12(9(5-8)15(18)19)21-14-7-10(16)13(20-2)6-11(14)17/h3-7H,1-2H3,(H,18,19). The second kappa shape index (κ2) is 6.49. The summed E-state index contributed by atoms with van der Waals surface area (Å²) in [7, 11) is 1.57. The third-order valence-corrected chi connectivity index (χ3v) is 4.03. The van der Waals surface area contributed by atoms with Crippen LogP contribution in [0.3, 0.4) is 0 Å². The highest BCUT2D eigenvalue weighted by molar-refractivity contribution is 9.11. The minimum Gasteiger partial charge on any atom is -0.496 e. The third kappa shape index (κ3) is 3.57. The lowest BCUT2D eigenvalue weighted by atomic mass is 10.1. The normalized spacial score (nSPS) is 10.3. The van der Waals surface area contributed by atoms with Gasteiger partial charge in [-0.15, -0.1) is 0 Å². The van der Waals surface area contributed by atoms with E-state index in [1.165, 1.54) is 0 Å². The number of carboxylic acids is 1. The van der Waals surface area contributed by atoms with Gasteiger partial charge in [-0.25, -0.2) is 4.79 Å². The molecule has 110 valence electrons. The molecule has 4 nitrogen and oxygen atoms in total. The van der Waals surface area contributed by atoms with Crippen LogP contribution in [0, 0.1) is 6.92 Å². The van der Waals surface area contributed by atoms with Crippen molar-refractivity contribution >= 4 is 37.8 Å². The molecule has 0 amide bonds. The number of ether oxygens (including phenoxy) is 2. The van der Waals surface area contributed by atoms with Crippen LogP contribution in [0.1, 0.15) is 15.9 Å². The largest absolute Gasteiger partial charge is 0.496 e. The summed E-state index contributed by atoms with van der Waals surface area (Å²) in [5, 5.41) is 9.25. The molecule has 0 unspecified atom stereocenters. The number of hydrogen-bond donors (Lipinski definition) is 1. The van der Waals surface area contributed by atoms with Crippen molar-refractivity contribution < 1.29 is 19.4 Å². The molecule has 0 heterocycles. The number of rotatable bonds is 4. The van der Waals surface area contributed by atoms with Crippen LogP contribution in [0.25, 0.3) is 0 Å². The molecule has 0 spiro atoms. The fourth-order valence-electron chi connectivity index (χ4n) is 1.76. The number of methoxy groups -OCH3 is 1. The van der Waals surface area contributed by atoms with Gasteiger partial charge >= 0.3 is 5.97 Å². The Labute approximate surface area is 139 Å². The number of hydrogen-bond acceptors (Lipinski definition) is 3. The number of carbonyl (C=O) groups is 1. The van der Waals surface area contributed by atoms with Gasteiger partial charge in [0, 0.05) is 0 Å². The molecule has 21 heavy (non-hydrogen) atoms. The third-order valence-electron chi connectivity index (χ3n) is 2.79. The summed E-state index contributed by atoms with van der Waals surface area (Å²) in [6, 6.07) is 8.48. The van der Waals surface area contributed by atoms with Gasteiger partial charge < -0.3 is 14.6 Å². The number of carboxylic acid groups (broad SMARTS) is 1. The molecule has 0 aliphatic heterocycles. The Morgan fingerprint density at radius 3 is 2.29 bits per heavy atom. The summed E-state index contributed by atoms with van der Waals surface area (Å²) in [5.41, 5.74) is 0.976. The Kier molecular flexibility index (Phi) is 4.90. The Hall–Kier alpha value is -1.53. The van der Waals surface area contributed by atoms with Crippen molar-refractivity contribution in [1.82, 2.24) is 0 Å². The first-order valence-electron chi connectivity index (χ1n) is 5.97. The summed E-state index contributed by atoms with van der Waals surface area (Å²) in [5.74, 6) is 0.397. The van der Waals surface area contributed by atoms with Gasteiger partial charge in [0.1, 0.15) is 22.8 Å². The first kappa shape index (κ1) is 15.9. The smallest absolute Gasteiger partial charge is 0.339 e. The summed E-state index contributed by atoms with van der Waals surface area (Å²) in [4.78, 5) is 11.3. The van der Waals surface area contributed by atoms with E-state index in [4.69, 9.17) is 9.47 Å². The van der Waals surface area contributed by atoms with E-state index in [0.717, 1.165) is 5.56 Å². The van der Waals surface area contributed by atoms with Gasteiger partial charge in [0.15, 0.2) is 0 Å². The molecule has 2 rings (SSSR count). The van der Waals surface area contributed by atoms with Crippen LogP contribution in [-0.4, -0.2) is 18.2 Å². The topological polar surface area (TPSA) is 55.8 Å². The Bertz CT molecular complexity index is 698. The number of aromatic carboxylic acids is 1. The quantitative estimate of drug-likeness (QED) is 0.761. The summed E-state index contributed by atoms with van der Waals surface area (Å²) < 4.78 is 12.3. The van der Waals surface area contributed by atoms with Gasteiger partial charge in [0.2, 0.25) is 0 Å². The van der Waals surface area contributed by atoms with E-state index in [1.54, 1.807) is 37.4 Å². The lowest BCUT2D eigenvalue weighted by molar-refractivity contribution is 0.0694. The van der Waals surface area contributed by atoms with Crippen LogP contribution in [-0.2, 0) is 0 Å². The zero-order chi connectivity index (χ0) is 15.6. The van der Waals surface area contributed by atoms with Gasteiger partial charge in [-0.1, -0.05) is 11.6 Å². The maximum atomic E-state index is 11.3. The monoisotopic (exact) mass is 414 g/mol. The van der Waals surface area contributed by atoms with Crippen molar-refractivity contribution in [2.75, 3.05) is 7.11 Å². The number of benzene rings is 2. The van der Waals surface area contributed by atoms with Crippen molar-refractivity contribution in [3.8, 4) is 17.2 Å². The molecule has 0 aliphatic rings. The maximum absolute atomic E-state index is 11.3. The highest BCUT2D eigenvalue weighted by Crippen LogP contribution is 2.38. The lowest BCUT2D eigenvalue weighted by Gasteiger charge is -2.13. The van der Waals surface area contributed by atoms with E-state index in [-0.39, 0.29) is 11.3 Å². The zero-order valence-corrected chi connectivity index (χ0v) is 14.5. The summed E-state index contributed by atoms with van der Waals surface area (Å²) in [6.07, 6.45) is 0. The van der Waals surface area contributed by atoms with Crippen LogP contribution in [0.2, 0.25) is 0 Å². The molecule has 0 saturated heterocycles. The molecular formula is C15H12Br2O4. The Balaban J connectivity index is 2.43. The van der Waals surface area contributed by atoms with E-state index in [0.29, 0.717) is 20.4 Å². The molecule has 6 heteroatoms. The minimum absolute atomic E-state index is 0.119. The second-order valence-corrected chi connectivity index (χ2v) is 6.03. The van der Waals surface area contributed by atoms with Crippen LogP contribution >= 0.6 is 31.9 Å². The van der Waals surface area contributed by atoms with E-state index in [2.05, 4.69) is 31.9 Å². The van der Waals surface area contributed by atoms with E-state index >= 15 is 0 Å². The zero-order valence-electron chi connectivity index (χ0n) is 11.3. The van der Waals surface area contributed by atoms with Crippen molar-refractivity contribution in [1.29, 1.82) is 0 Å². The second-order valence-electron chi connectivity index (χ2n) is 4.32. The van der Waals surface area contributed by atoms with Gasteiger partial charge in [0.25, 0.3) is 0 Å². The molecule has 0 radical (unpaired) electrons. The highest BCUT2D eigenvalue weighted by atomic mass is 79.9. The predicted molar refractivity (Wildman–Crippen MR) is 86.6 cm³/mol. The molecular weight excluding hydrogens is 404 g/mol. The Morgan fingerprint density at radius 2 is 1.67 bits per heavy atom. The molecule has 0 aromatic heterocycles. The first-order valence-corrected chi connectivity index (χ1v) is 7.56. The molecule has 2 aromatic rings. The fraction of sp³-hybridized carbons (Fsp3) is 0.133. The van der Waals surface area contributed by atoms with Crippen molar-refractivity contribution in [3.63, 3.8) is 0 Å². The highest BCUT2D eigenvalue weighted by Gasteiger charge is 2.15. The van der Waals surface area contributed by atoms with Gasteiger partial charge in [-0.3, -0.25) is 0 Å². The van der Waals surface area contributed by atoms with Crippen molar-refractivity contribution in [2.45, 2.75) is 6.92 Å². The van der Waals surface area contributed by atoms with Gasteiger partial charge in [0.05, 0.1) is 16.1 Å². The minimum atomic E-state index is -1.03. The van der Waals surface area contributed by atoms with Crippen LogP contribution in [0.5, 0.6) is 17.2 Å². The maximum Gasteiger partial charge on any atom is 0.339 e. The van der Waals surface area contributed by atoms with E-state index in [1.807, 2.05) is 6.92 Å². The molecule has 0 aliphatic carbocycles. The summed E-state index contributed by atoms with van der Waals surface area (Å²) in [6.45, 7) is 1.83. The number of aryl methyl sites for hydroxylation is 1. The van der Waals surface area contributed by atoms with Crippen LogP contribution in [0.15, 0.2) is 39.3 Å². The lowest BCUT2D eigenvalue weighted by Crippen LogP contribution is -2.01. The molecule has 1 N–H and O–H groups in total. The first-order chi connectivity index (χ1) is 9.92. The van der Waals surface area contributed by atoms with E-state index in [9.17, 15) is 9.90 Å². The predicted octanol–water partition coefficient (Wildman–Crippen LogP) is 5.02. The van der Waals surface area contributed by atoms with Gasteiger partial charge in [-0.2, -0.15) is 0 Å². The summed E-state index contributed by atoms with van der Waals surface area (Å²) >= 11 is 6.75. The van der Waals surface area contributed by atoms with Gasteiger partial charge in [-0.05, 0) is 63.0 Å². The molecule has 0 saturated carbocycles. The van der Waals surface area contributed by atoms with Crippen molar-refractivity contribution in [2.24, 2.45) is 0 Å². The molecule has 2 aromatic carbocycles. The molecule has 0 bridgehead atoms. The SMILES string of the molecule is COc1cc(Br)c(Oc2ccc(C)cc2C(=O)O)cc1Br. The Morgan fingerprint density at radius 1 is 1.05 bits per heavy atom. The van der Waals surface area contributed by atoms with Crippen LogP contribution < -0.4 is 9.47 Å². The molecule has 0 atom stereocenters. The average Bonchev–Trinajstić information content (AvgIpc) is 2.44. The fourth-order valence-corrected chi connectivity index (χ4v) is 2.65. The number of halogens is 2. The molecule has 0 fully saturated rings. The van der Waals surface area contributed by atoms with E-state index < -0.39 is 5.97 Å². The average molecular weight is 416 g/mol. The van der Waals surface area contributed by atoms with Crippen molar-refractivity contribution in [3.05, 3.63) is 50.4 Å².